The van der Waals surface area contributed by atoms with Crippen LogP contribution in [0.2, 0.25) is 0 Å². The predicted octanol–water partition coefficient (Wildman–Crippen LogP) is 0.398. The van der Waals surface area contributed by atoms with Crippen molar-refractivity contribution < 1.29 is 18.3 Å². The number of aliphatic hydroxyl groups is 1. The van der Waals surface area contributed by atoms with E-state index in [1.807, 2.05) is 0 Å². The van der Waals surface area contributed by atoms with Gasteiger partial charge in [0.1, 0.15) is 11.4 Å². The summed E-state index contributed by atoms with van der Waals surface area (Å²) >= 11 is 0. The van der Waals surface area contributed by atoms with E-state index in [1.54, 1.807) is 21.1 Å². The SMILES string of the molecule is CN(C)c1cc(C(F)(F)F)nc(N2CC(O)(c3cnnn3C)C2)n1. The lowest BCUT2D eigenvalue weighted by Crippen LogP contribution is -2.61. The Morgan fingerprint density at radius 2 is 1.92 bits per heavy atom. The summed E-state index contributed by atoms with van der Waals surface area (Å²) in [7, 11) is 4.83. The third-order valence-corrected chi connectivity index (χ3v) is 3.83. The number of aryl methyl sites for hydroxylation is 1. The van der Waals surface area contributed by atoms with E-state index in [-0.39, 0.29) is 24.9 Å². The van der Waals surface area contributed by atoms with Gasteiger partial charge in [-0.2, -0.15) is 18.2 Å². The van der Waals surface area contributed by atoms with Gasteiger partial charge in [0.15, 0.2) is 5.69 Å². The number of nitrogens with zero attached hydrogens (tertiary/aromatic N) is 7. The molecule has 0 aliphatic carbocycles. The Kier molecular flexibility index (Phi) is 3.62. The van der Waals surface area contributed by atoms with Crippen molar-refractivity contribution in [3.63, 3.8) is 0 Å². The van der Waals surface area contributed by atoms with Crippen molar-refractivity contribution in [3.05, 3.63) is 23.7 Å². The van der Waals surface area contributed by atoms with Gasteiger partial charge < -0.3 is 14.9 Å². The number of β-amino-alcohol motifs (C(OH)–C–C–N with tert-alkyl or cyclic N) is 1. The molecule has 130 valence electrons. The monoisotopic (exact) mass is 343 g/mol. The molecular formula is C13H16F3N7O. The van der Waals surface area contributed by atoms with Gasteiger partial charge in [0.05, 0.1) is 25.0 Å². The van der Waals surface area contributed by atoms with Gasteiger partial charge in [-0.3, -0.25) is 0 Å². The minimum Gasteiger partial charge on any atom is -0.380 e. The molecular weight excluding hydrogens is 327 g/mol. The molecule has 0 saturated carbocycles. The largest absolute Gasteiger partial charge is 0.433 e. The van der Waals surface area contributed by atoms with Crippen molar-refractivity contribution in [2.24, 2.45) is 7.05 Å². The summed E-state index contributed by atoms with van der Waals surface area (Å²) in [4.78, 5) is 10.7. The van der Waals surface area contributed by atoms with Crippen LogP contribution < -0.4 is 9.80 Å². The van der Waals surface area contributed by atoms with Crippen molar-refractivity contribution in [1.82, 2.24) is 25.0 Å². The second-order valence-electron chi connectivity index (χ2n) is 5.93. The van der Waals surface area contributed by atoms with Crippen LogP contribution in [0.15, 0.2) is 12.3 Å². The number of hydrogen-bond acceptors (Lipinski definition) is 7. The number of aromatic nitrogens is 5. The fraction of sp³-hybridized carbons (Fsp3) is 0.538. The highest BCUT2D eigenvalue weighted by Crippen LogP contribution is 2.36. The maximum absolute atomic E-state index is 13.0. The molecule has 0 aromatic carbocycles. The van der Waals surface area contributed by atoms with Gasteiger partial charge in [-0.1, -0.05) is 5.21 Å². The molecule has 1 N–H and O–H groups in total. The van der Waals surface area contributed by atoms with E-state index in [1.165, 1.54) is 20.7 Å². The van der Waals surface area contributed by atoms with Gasteiger partial charge >= 0.3 is 6.18 Å². The van der Waals surface area contributed by atoms with Crippen LogP contribution in [0.4, 0.5) is 24.9 Å². The average molecular weight is 343 g/mol. The predicted molar refractivity (Wildman–Crippen MR) is 78.5 cm³/mol. The molecule has 0 bridgehead atoms. The van der Waals surface area contributed by atoms with E-state index in [4.69, 9.17) is 0 Å². The Labute approximate surface area is 135 Å². The summed E-state index contributed by atoms with van der Waals surface area (Å²) in [5.41, 5.74) is -1.78. The third kappa shape index (κ3) is 2.75. The fourth-order valence-electron chi connectivity index (χ4n) is 2.54. The van der Waals surface area contributed by atoms with E-state index in [2.05, 4.69) is 20.3 Å². The van der Waals surface area contributed by atoms with E-state index >= 15 is 0 Å². The Bertz CT molecular complexity index is 752. The summed E-state index contributed by atoms with van der Waals surface area (Å²) in [5.74, 6) is 0.0679. The number of alkyl halides is 3. The molecule has 11 heteroatoms. The van der Waals surface area contributed by atoms with Crippen molar-refractivity contribution in [2.75, 3.05) is 37.0 Å². The highest BCUT2D eigenvalue weighted by molar-refractivity contribution is 5.48. The van der Waals surface area contributed by atoms with Crippen LogP contribution in [-0.2, 0) is 18.8 Å². The Morgan fingerprint density at radius 3 is 2.42 bits per heavy atom. The normalized spacial score (nSPS) is 16.9. The zero-order valence-corrected chi connectivity index (χ0v) is 13.3. The lowest BCUT2D eigenvalue weighted by atomic mass is 9.91. The van der Waals surface area contributed by atoms with Crippen molar-refractivity contribution in [3.8, 4) is 0 Å². The second kappa shape index (κ2) is 5.30. The van der Waals surface area contributed by atoms with Crippen molar-refractivity contribution in [1.29, 1.82) is 0 Å². The zero-order valence-electron chi connectivity index (χ0n) is 13.3. The molecule has 3 heterocycles. The first kappa shape index (κ1) is 16.4. The molecule has 1 saturated heterocycles. The number of rotatable bonds is 3. The molecule has 8 nitrogen and oxygen atoms in total. The molecule has 24 heavy (non-hydrogen) atoms. The molecule has 0 radical (unpaired) electrons. The molecule has 1 aliphatic heterocycles. The van der Waals surface area contributed by atoms with Crippen LogP contribution in [0, 0.1) is 0 Å². The topological polar surface area (TPSA) is 83.2 Å². The Hall–Kier alpha value is -2.43. The molecule has 2 aromatic heterocycles. The van der Waals surface area contributed by atoms with E-state index in [9.17, 15) is 18.3 Å². The third-order valence-electron chi connectivity index (χ3n) is 3.83. The molecule has 2 aromatic rings. The molecule has 0 amide bonds. The zero-order chi connectivity index (χ0) is 17.7. The first-order valence-corrected chi connectivity index (χ1v) is 7.06. The summed E-state index contributed by atoms with van der Waals surface area (Å²) in [6.07, 6.45) is -3.15. The molecule has 0 unspecified atom stereocenters. The Balaban J connectivity index is 1.89. The number of halogens is 3. The van der Waals surface area contributed by atoms with Gasteiger partial charge in [0.2, 0.25) is 5.95 Å². The van der Waals surface area contributed by atoms with Crippen LogP contribution in [0.25, 0.3) is 0 Å². The summed E-state index contributed by atoms with van der Waals surface area (Å²) < 4.78 is 40.5. The smallest absolute Gasteiger partial charge is 0.380 e. The summed E-state index contributed by atoms with van der Waals surface area (Å²) in [5, 5.41) is 18.0. The van der Waals surface area contributed by atoms with Crippen molar-refractivity contribution >= 4 is 11.8 Å². The standard InChI is InChI=1S/C13H16F3N7O/c1-21(2)10-4-8(13(14,15)16)18-11(19-10)23-6-12(24,7-23)9-5-17-20-22(9)3/h4-5,24H,6-7H2,1-3H3. The molecule has 1 aliphatic rings. The molecule has 0 spiro atoms. The average Bonchev–Trinajstić information content (AvgIpc) is 2.89. The van der Waals surface area contributed by atoms with Crippen LogP contribution in [-0.4, -0.2) is 57.3 Å². The number of hydrogen-bond donors (Lipinski definition) is 1. The highest BCUT2D eigenvalue weighted by Gasteiger charge is 2.47. The minimum absolute atomic E-state index is 0.0579. The van der Waals surface area contributed by atoms with E-state index in [0.29, 0.717) is 5.69 Å². The minimum atomic E-state index is -4.57. The first-order valence-electron chi connectivity index (χ1n) is 7.06. The van der Waals surface area contributed by atoms with E-state index < -0.39 is 17.5 Å². The lowest BCUT2D eigenvalue weighted by molar-refractivity contribution is -0.141. The van der Waals surface area contributed by atoms with Gasteiger partial charge in [0, 0.05) is 27.2 Å². The fourth-order valence-corrected chi connectivity index (χ4v) is 2.54. The highest BCUT2D eigenvalue weighted by atomic mass is 19.4. The maximum Gasteiger partial charge on any atom is 0.433 e. The first-order chi connectivity index (χ1) is 11.1. The van der Waals surface area contributed by atoms with Crippen LogP contribution in [0.5, 0.6) is 0 Å². The lowest BCUT2D eigenvalue weighted by Gasteiger charge is -2.46. The van der Waals surface area contributed by atoms with Crippen LogP contribution in [0.1, 0.15) is 11.4 Å². The summed E-state index contributed by atoms with van der Waals surface area (Å²) in [6.45, 7) is 0.116. The van der Waals surface area contributed by atoms with Crippen LogP contribution in [0.3, 0.4) is 0 Å². The molecule has 0 atom stereocenters. The summed E-state index contributed by atoms with van der Waals surface area (Å²) in [6, 6.07) is 0.889. The van der Waals surface area contributed by atoms with Gasteiger partial charge in [-0.15, -0.1) is 5.10 Å². The second-order valence-corrected chi connectivity index (χ2v) is 5.93. The van der Waals surface area contributed by atoms with Crippen molar-refractivity contribution in [2.45, 2.75) is 11.8 Å². The van der Waals surface area contributed by atoms with Gasteiger partial charge in [-0.05, 0) is 0 Å². The Morgan fingerprint density at radius 1 is 1.25 bits per heavy atom. The maximum atomic E-state index is 13.0. The number of anilines is 2. The molecule has 1 fully saturated rings. The quantitative estimate of drug-likeness (QED) is 0.863. The van der Waals surface area contributed by atoms with Crippen LogP contribution >= 0.6 is 0 Å². The van der Waals surface area contributed by atoms with Gasteiger partial charge in [-0.25, -0.2) is 9.67 Å². The van der Waals surface area contributed by atoms with E-state index in [0.717, 1.165) is 6.07 Å². The van der Waals surface area contributed by atoms with Gasteiger partial charge in [0.25, 0.3) is 0 Å². The molecule has 3 rings (SSSR count).